The Kier molecular flexibility index (Phi) is 3.89. The number of anilines is 1. The van der Waals surface area contributed by atoms with E-state index in [9.17, 15) is 4.79 Å². The molecule has 0 aliphatic carbocycles. The standard InChI is InChI=1S/C13H19NO/c1-4-10-13(2,3)12(15)14-11-8-6-5-7-9-11/h5-9H,4,10H2,1-3H3,(H,14,15). The van der Waals surface area contributed by atoms with E-state index in [0.29, 0.717) is 0 Å². The third kappa shape index (κ3) is 3.39. The van der Waals surface area contributed by atoms with E-state index in [1.165, 1.54) is 0 Å². The zero-order valence-corrected chi connectivity index (χ0v) is 9.71. The predicted molar refractivity (Wildman–Crippen MR) is 63.8 cm³/mol. The molecular weight excluding hydrogens is 186 g/mol. The molecule has 2 nitrogen and oxygen atoms in total. The van der Waals surface area contributed by atoms with Crippen molar-refractivity contribution in [3.63, 3.8) is 0 Å². The van der Waals surface area contributed by atoms with Crippen LogP contribution in [0.3, 0.4) is 0 Å². The van der Waals surface area contributed by atoms with Gasteiger partial charge in [0.15, 0.2) is 0 Å². The van der Waals surface area contributed by atoms with Crippen LogP contribution >= 0.6 is 0 Å². The molecule has 82 valence electrons. The van der Waals surface area contributed by atoms with Crippen LogP contribution in [0.15, 0.2) is 30.3 Å². The molecule has 0 bridgehead atoms. The Morgan fingerprint density at radius 3 is 2.40 bits per heavy atom. The van der Waals surface area contributed by atoms with Crippen LogP contribution in [0.2, 0.25) is 0 Å². The topological polar surface area (TPSA) is 29.1 Å². The van der Waals surface area contributed by atoms with Gasteiger partial charge in [-0.25, -0.2) is 0 Å². The number of para-hydroxylation sites is 1. The number of rotatable bonds is 4. The summed E-state index contributed by atoms with van der Waals surface area (Å²) >= 11 is 0. The van der Waals surface area contributed by atoms with E-state index in [4.69, 9.17) is 0 Å². The van der Waals surface area contributed by atoms with Gasteiger partial charge in [0.2, 0.25) is 5.91 Å². The molecule has 0 atom stereocenters. The third-order valence-corrected chi connectivity index (χ3v) is 2.52. The Bertz CT molecular complexity index is 317. The largest absolute Gasteiger partial charge is 0.326 e. The van der Waals surface area contributed by atoms with Gasteiger partial charge in [-0.3, -0.25) is 4.79 Å². The van der Waals surface area contributed by atoms with Gasteiger partial charge in [0, 0.05) is 11.1 Å². The predicted octanol–water partition coefficient (Wildman–Crippen LogP) is 3.45. The zero-order valence-electron chi connectivity index (χ0n) is 9.71. The normalized spacial score (nSPS) is 11.1. The lowest BCUT2D eigenvalue weighted by Crippen LogP contribution is -2.30. The first-order valence-electron chi connectivity index (χ1n) is 5.43. The molecule has 0 aliphatic rings. The summed E-state index contributed by atoms with van der Waals surface area (Å²) in [6.07, 6.45) is 1.93. The molecule has 0 saturated heterocycles. The summed E-state index contributed by atoms with van der Waals surface area (Å²) in [7, 11) is 0. The van der Waals surface area contributed by atoms with Crippen molar-refractivity contribution in [2.45, 2.75) is 33.6 Å². The lowest BCUT2D eigenvalue weighted by atomic mass is 9.87. The first kappa shape index (κ1) is 11.8. The van der Waals surface area contributed by atoms with Crippen molar-refractivity contribution in [2.75, 3.05) is 5.32 Å². The number of hydrogen-bond donors (Lipinski definition) is 1. The Hall–Kier alpha value is -1.31. The molecule has 15 heavy (non-hydrogen) atoms. The highest BCUT2D eigenvalue weighted by Gasteiger charge is 2.26. The molecule has 0 spiro atoms. The Morgan fingerprint density at radius 1 is 1.27 bits per heavy atom. The van der Waals surface area contributed by atoms with Crippen molar-refractivity contribution in [3.8, 4) is 0 Å². The van der Waals surface area contributed by atoms with E-state index in [-0.39, 0.29) is 11.3 Å². The van der Waals surface area contributed by atoms with Crippen LogP contribution in [-0.2, 0) is 4.79 Å². The highest BCUT2D eigenvalue weighted by molar-refractivity contribution is 5.94. The van der Waals surface area contributed by atoms with Crippen LogP contribution in [-0.4, -0.2) is 5.91 Å². The molecule has 0 unspecified atom stereocenters. The average molecular weight is 205 g/mol. The molecule has 0 saturated carbocycles. The number of hydrogen-bond acceptors (Lipinski definition) is 1. The molecule has 2 heteroatoms. The fourth-order valence-electron chi connectivity index (χ4n) is 1.56. The van der Waals surface area contributed by atoms with Gasteiger partial charge in [-0.2, -0.15) is 0 Å². The minimum atomic E-state index is -0.287. The zero-order chi connectivity index (χ0) is 11.3. The summed E-state index contributed by atoms with van der Waals surface area (Å²) in [4.78, 5) is 11.9. The average Bonchev–Trinajstić information content (AvgIpc) is 2.19. The van der Waals surface area contributed by atoms with Crippen molar-refractivity contribution >= 4 is 11.6 Å². The van der Waals surface area contributed by atoms with E-state index in [1.54, 1.807) is 0 Å². The molecule has 0 radical (unpaired) electrons. The van der Waals surface area contributed by atoms with Gasteiger partial charge in [0.25, 0.3) is 0 Å². The fraction of sp³-hybridized carbons (Fsp3) is 0.462. The quantitative estimate of drug-likeness (QED) is 0.801. The molecule has 0 aliphatic heterocycles. The van der Waals surface area contributed by atoms with Crippen molar-refractivity contribution in [1.29, 1.82) is 0 Å². The van der Waals surface area contributed by atoms with Gasteiger partial charge in [-0.15, -0.1) is 0 Å². The molecule has 0 heterocycles. The van der Waals surface area contributed by atoms with Gasteiger partial charge in [-0.05, 0) is 18.6 Å². The molecule has 1 aromatic carbocycles. The maximum absolute atomic E-state index is 11.9. The van der Waals surface area contributed by atoms with Gasteiger partial charge < -0.3 is 5.32 Å². The molecule has 0 fully saturated rings. The van der Waals surface area contributed by atoms with Crippen LogP contribution in [0.1, 0.15) is 33.6 Å². The SMILES string of the molecule is CCCC(C)(C)C(=O)Nc1ccccc1. The highest BCUT2D eigenvalue weighted by atomic mass is 16.2. The van der Waals surface area contributed by atoms with Crippen LogP contribution in [0, 0.1) is 5.41 Å². The van der Waals surface area contributed by atoms with Gasteiger partial charge in [0.05, 0.1) is 0 Å². The summed E-state index contributed by atoms with van der Waals surface area (Å²) in [6.45, 7) is 6.06. The van der Waals surface area contributed by atoms with Gasteiger partial charge >= 0.3 is 0 Å². The van der Waals surface area contributed by atoms with E-state index in [0.717, 1.165) is 18.5 Å². The smallest absolute Gasteiger partial charge is 0.230 e. The second-order valence-electron chi connectivity index (χ2n) is 4.45. The summed E-state index contributed by atoms with van der Waals surface area (Å²) in [6, 6.07) is 9.58. The summed E-state index contributed by atoms with van der Waals surface area (Å²) in [5.74, 6) is 0.0931. The fourth-order valence-corrected chi connectivity index (χ4v) is 1.56. The summed E-state index contributed by atoms with van der Waals surface area (Å²) in [5.41, 5.74) is 0.580. The minimum absolute atomic E-state index is 0.0931. The molecular formula is C13H19NO. The van der Waals surface area contributed by atoms with Gasteiger partial charge in [-0.1, -0.05) is 45.4 Å². The van der Waals surface area contributed by atoms with E-state index < -0.39 is 0 Å². The first-order valence-corrected chi connectivity index (χ1v) is 5.43. The minimum Gasteiger partial charge on any atom is -0.326 e. The maximum atomic E-state index is 11.9. The van der Waals surface area contributed by atoms with E-state index in [2.05, 4.69) is 12.2 Å². The highest BCUT2D eigenvalue weighted by Crippen LogP contribution is 2.24. The van der Waals surface area contributed by atoms with Crippen molar-refractivity contribution in [3.05, 3.63) is 30.3 Å². The maximum Gasteiger partial charge on any atom is 0.230 e. The lowest BCUT2D eigenvalue weighted by Gasteiger charge is -2.22. The Balaban J connectivity index is 2.63. The molecule has 1 rings (SSSR count). The van der Waals surface area contributed by atoms with Crippen LogP contribution in [0.4, 0.5) is 5.69 Å². The van der Waals surface area contributed by atoms with E-state index in [1.807, 2.05) is 44.2 Å². The van der Waals surface area contributed by atoms with E-state index >= 15 is 0 Å². The first-order chi connectivity index (χ1) is 7.06. The monoisotopic (exact) mass is 205 g/mol. The lowest BCUT2D eigenvalue weighted by molar-refractivity contribution is -0.124. The number of benzene rings is 1. The Labute approximate surface area is 91.7 Å². The number of amides is 1. The number of nitrogens with one attached hydrogen (secondary N) is 1. The second-order valence-corrected chi connectivity index (χ2v) is 4.45. The van der Waals surface area contributed by atoms with Crippen LogP contribution < -0.4 is 5.32 Å². The number of carbonyl (C=O) groups is 1. The van der Waals surface area contributed by atoms with Crippen LogP contribution in [0.5, 0.6) is 0 Å². The third-order valence-electron chi connectivity index (χ3n) is 2.52. The molecule has 1 amide bonds. The summed E-state index contributed by atoms with van der Waals surface area (Å²) < 4.78 is 0. The second kappa shape index (κ2) is 4.96. The molecule has 1 N–H and O–H groups in total. The van der Waals surface area contributed by atoms with Crippen molar-refractivity contribution in [2.24, 2.45) is 5.41 Å². The van der Waals surface area contributed by atoms with Crippen molar-refractivity contribution in [1.82, 2.24) is 0 Å². The molecule has 1 aromatic rings. The number of carbonyl (C=O) groups excluding carboxylic acids is 1. The van der Waals surface area contributed by atoms with Crippen LogP contribution in [0.25, 0.3) is 0 Å². The van der Waals surface area contributed by atoms with Gasteiger partial charge in [0.1, 0.15) is 0 Å². The van der Waals surface area contributed by atoms with Crippen molar-refractivity contribution < 1.29 is 4.79 Å². The Morgan fingerprint density at radius 2 is 1.87 bits per heavy atom. The summed E-state index contributed by atoms with van der Waals surface area (Å²) in [5, 5.41) is 2.93. The molecule has 0 aromatic heterocycles.